The van der Waals surface area contributed by atoms with Gasteiger partial charge in [0.05, 0.1) is 22.4 Å². The van der Waals surface area contributed by atoms with Crippen molar-refractivity contribution >= 4 is 33.0 Å². The first-order valence-electron chi connectivity index (χ1n) is 22.6. The topological polar surface area (TPSA) is 43.9 Å². The minimum absolute atomic E-state index is 0. The van der Waals surface area contributed by atoms with E-state index in [4.69, 9.17) is 9.40 Å². The number of imidazole rings is 1. The van der Waals surface area contributed by atoms with Gasteiger partial charge in [0.15, 0.2) is 0 Å². The first-order chi connectivity index (χ1) is 32.0. The van der Waals surface area contributed by atoms with Gasteiger partial charge in [-0.2, -0.15) is 0 Å². The van der Waals surface area contributed by atoms with Gasteiger partial charge < -0.3 is 14.0 Å². The molecule has 4 nitrogen and oxygen atoms in total. The van der Waals surface area contributed by atoms with Gasteiger partial charge in [-0.3, -0.25) is 4.98 Å². The number of rotatable bonds is 8. The summed E-state index contributed by atoms with van der Waals surface area (Å²) >= 11 is 0. The second-order valence-corrected chi connectivity index (χ2v) is 16.4. The van der Waals surface area contributed by atoms with E-state index in [-0.39, 0.29) is 20.1 Å². The molecule has 1 radical (unpaired) electrons. The zero-order valence-corrected chi connectivity index (χ0v) is 39.0. The SMILES string of the molecule is [2H]C(C)(C)c1cc(-c2ccc(-c3ccccc3)cc2)cc(C([2H])(C)C)c1-n1c(-c2[c-]ccc3c2oc2cc(-c4ccccc4)ccc23)nc2ccccc21.[Ir].[c-]1ccccc1-c1ccccn1. The van der Waals surface area contributed by atoms with E-state index in [0.29, 0.717) is 11.4 Å². The molecule has 65 heavy (non-hydrogen) atoms. The second kappa shape index (κ2) is 18.9. The molecule has 3 heterocycles. The third kappa shape index (κ3) is 8.61. The Bertz CT molecular complexity index is 3390. The van der Waals surface area contributed by atoms with Gasteiger partial charge in [0.2, 0.25) is 0 Å². The zero-order valence-electron chi connectivity index (χ0n) is 38.6. The Morgan fingerprint density at radius 1 is 0.538 bits per heavy atom. The molecule has 0 amide bonds. The predicted molar refractivity (Wildman–Crippen MR) is 266 cm³/mol. The number of aromatic nitrogens is 3. The summed E-state index contributed by atoms with van der Waals surface area (Å²) in [6.45, 7) is 7.68. The van der Waals surface area contributed by atoms with E-state index in [9.17, 15) is 2.74 Å². The van der Waals surface area contributed by atoms with Gasteiger partial charge in [-0.15, -0.1) is 54.1 Å². The van der Waals surface area contributed by atoms with Gasteiger partial charge in [0.25, 0.3) is 0 Å². The molecule has 0 fully saturated rings. The number of fused-ring (bicyclic) bond motifs is 4. The zero-order chi connectivity index (χ0) is 45.4. The molecule has 0 aliphatic carbocycles. The van der Waals surface area contributed by atoms with Crippen LogP contribution in [0.3, 0.4) is 0 Å². The van der Waals surface area contributed by atoms with E-state index in [1.807, 2.05) is 125 Å². The molecule has 5 heteroatoms. The van der Waals surface area contributed by atoms with Crippen LogP contribution in [-0.2, 0) is 20.1 Å². The monoisotopic (exact) mass is 1020 g/mol. The van der Waals surface area contributed by atoms with Gasteiger partial charge in [0, 0.05) is 40.1 Å². The Morgan fingerprint density at radius 3 is 1.78 bits per heavy atom. The van der Waals surface area contributed by atoms with Crippen molar-refractivity contribution in [2.75, 3.05) is 0 Å². The summed E-state index contributed by atoms with van der Waals surface area (Å²) in [6.07, 6.45) is 1.79. The molecule has 0 bridgehead atoms. The smallest absolute Gasteiger partial charge is 0.121 e. The molecule has 0 saturated carbocycles. The maximum absolute atomic E-state index is 9.58. The molecular weight excluding hydrogens is 971 g/mol. The Morgan fingerprint density at radius 2 is 1.14 bits per heavy atom. The van der Waals surface area contributed by atoms with Crippen molar-refractivity contribution in [3.05, 3.63) is 224 Å². The van der Waals surface area contributed by atoms with Gasteiger partial charge in [-0.1, -0.05) is 160 Å². The van der Waals surface area contributed by atoms with Crippen molar-refractivity contribution in [3.8, 4) is 61.7 Å². The number of pyridine rings is 1. The molecule has 0 aliphatic heterocycles. The van der Waals surface area contributed by atoms with Crippen LogP contribution in [0, 0.1) is 12.1 Å². The van der Waals surface area contributed by atoms with E-state index >= 15 is 0 Å². The first-order valence-corrected chi connectivity index (χ1v) is 21.6. The molecule has 11 aromatic rings. The number of nitrogens with zero attached hydrogens (tertiary/aromatic N) is 3. The van der Waals surface area contributed by atoms with E-state index in [0.717, 1.165) is 94.4 Å². The molecule has 0 N–H and O–H groups in total. The Balaban J connectivity index is 0.000000375. The number of hydrogen-bond acceptors (Lipinski definition) is 3. The van der Waals surface area contributed by atoms with Crippen molar-refractivity contribution in [1.82, 2.24) is 14.5 Å². The number of para-hydroxylation sites is 2. The first kappa shape index (κ1) is 40.6. The predicted octanol–water partition coefficient (Wildman–Crippen LogP) is 16.2. The molecule has 11 rings (SSSR count). The largest absolute Gasteiger partial charge is 0.501 e. The molecule has 3 aromatic heterocycles. The Kier molecular flexibility index (Phi) is 11.8. The summed E-state index contributed by atoms with van der Waals surface area (Å²) in [5, 5.41) is 2.00. The molecule has 319 valence electrons. The van der Waals surface area contributed by atoms with Gasteiger partial charge >= 0.3 is 0 Å². The maximum Gasteiger partial charge on any atom is 0.121 e. The molecule has 0 aliphatic rings. The van der Waals surface area contributed by atoms with Crippen LogP contribution in [0.15, 0.2) is 205 Å². The van der Waals surface area contributed by atoms with E-state index < -0.39 is 11.8 Å². The molecular formula is C60H47IrN3O-2. The van der Waals surface area contributed by atoms with Crippen molar-refractivity contribution in [3.63, 3.8) is 0 Å². The fourth-order valence-electron chi connectivity index (χ4n) is 8.50. The van der Waals surface area contributed by atoms with Crippen molar-refractivity contribution in [1.29, 1.82) is 0 Å². The summed E-state index contributed by atoms with van der Waals surface area (Å²) < 4.78 is 28.0. The fourth-order valence-corrected chi connectivity index (χ4v) is 8.50. The summed E-state index contributed by atoms with van der Waals surface area (Å²) in [6, 6.07) is 72.3. The number of hydrogen-bond donors (Lipinski definition) is 0. The average Bonchev–Trinajstić information content (AvgIpc) is 3.93. The second-order valence-electron chi connectivity index (χ2n) is 16.4. The van der Waals surface area contributed by atoms with Crippen molar-refractivity contribution in [2.24, 2.45) is 0 Å². The minimum atomic E-state index is -1.03. The van der Waals surface area contributed by atoms with Crippen LogP contribution in [0.4, 0.5) is 0 Å². The molecule has 0 spiro atoms. The van der Waals surface area contributed by atoms with Gasteiger partial charge in [0.1, 0.15) is 5.58 Å². The number of furan rings is 1. The van der Waals surface area contributed by atoms with Gasteiger partial charge in [-0.25, -0.2) is 0 Å². The molecule has 0 atom stereocenters. The average molecular weight is 1020 g/mol. The number of benzene rings is 8. The van der Waals surface area contributed by atoms with Gasteiger partial charge in [-0.05, 0) is 98.4 Å². The van der Waals surface area contributed by atoms with Crippen LogP contribution in [0.5, 0.6) is 0 Å². The molecule has 0 saturated heterocycles. The summed E-state index contributed by atoms with van der Waals surface area (Å²) in [5.74, 6) is -1.40. The fraction of sp³-hybridized carbons (Fsp3) is 0.100. The normalized spacial score (nSPS) is 12.0. The van der Waals surface area contributed by atoms with Crippen LogP contribution < -0.4 is 0 Å². The molecule has 8 aromatic carbocycles. The van der Waals surface area contributed by atoms with Crippen LogP contribution in [0.1, 0.15) is 53.4 Å². The summed E-state index contributed by atoms with van der Waals surface area (Å²) in [7, 11) is 0. The Hall–Kier alpha value is -7.17. The van der Waals surface area contributed by atoms with Crippen LogP contribution >= 0.6 is 0 Å². The van der Waals surface area contributed by atoms with Crippen LogP contribution in [-0.4, -0.2) is 14.5 Å². The third-order valence-electron chi connectivity index (χ3n) is 11.7. The van der Waals surface area contributed by atoms with Crippen molar-refractivity contribution in [2.45, 2.75) is 39.5 Å². The molecule has 0 unspecified atom stereocenters. The summed E-state index contributed by atoms with van der Waals surface area (Å²) in [4.78, 5) is 9.48. The quantitative estimate of drug-likeness (QED) is 0.142. The Labute approximate surface area is 397 Å². The maximum atomic E-state index is 9.58. The standard InChI is InChI=1S/C49H39N2O.C11H8N.Ir/c1-31(2)42-28-38(36-24-22-35(23-25-36)33-14-7-5-8-15-33)29-43(32(3)4)47(42)51-45-21-12-11-20-44(45)50-49(51)41-19-13-18-40-39-27-26-37(30-46(39)52-48(40)41)34-16-9-6-10-17-34;1-2-6-10(7-3-1)11-8-4-5-9-12-11;/h5-18,20-32H,1-4H3;1-6,8-9H;/q2*-1;/i31D,32D;;. The van der Waals surface area contributed by atoms with E-state index in [2.05, 4.69) is 119 Å². The minimum Gasteiger partial charge on any atom is -0.501 e. The van der Waals surface area contributed by atoms with Crippen molar-refractivity contribution < 1.29 is 27.3 Å². The third-order valence-corrected chi connectivity index (χ3v) is 11.7. The van der Waals surface area contributed by atoms with Crippen LogP contribution in [0.25, 0.3) is 94.7 Å². The van der Waals surface area contributed by atoms with Crippen LogP contribution in [0.2, 0.25) is 0 Å². The van der Waals surface area contributed by atoms with E-state index in [1.54, 1.807) is 6.20 Å². The van der Waals surface area contributed by atoms with E-state index in [1.165, 1.54) is 0 Å². The summed E-state index contributed by atoms with van der Waals surface area (Å²) in [5.41, 5.74) is 14.8.